The highest BCUT2D eigenvalue weighted by Gasteiger charge is 1.89. The van der Waals surface area contributed by atoms with E-state index in [-0.39, 0.29) is 0 Å². The minimum atomic E-state index is 1.10. The Morgan fingerprint density at radius 3 is 2.57 bits per heavy atom. The fraction of sp³-hybridized carbons (Fsp3) is 0. The zero-order valence-electron chi connectivity index (χ0n) is 3.54. The molecule has 0 fully saturated rings. The molecular formula is C4H4ClNO. The third-order valence-corrected chi connectivity index (χ3v) is 0.747. The molecule has 0 radical (unpaired) electrons. The smallest absolute Gasteiger partial charge is 0.121 e. The van der Waals surface area contributed by atoms with Crippen LogP contribution in [-0.4, -0.2) is 4.58 Å². The lowest BCUT2D eigenvalue weighted by Gasteiger charge is -2.08. The lowest BCUT2D eigenvalue weighted by Crippen LogP contribution is -2.00. The van der Waals surface area contributed by atoms with E-state index in [2.05, 4.69) is 4.84 Å². The third-order valence-electron chi connectivity index (χ3n) is 0.555. The van der Waals surface area contributed by atoms with E-state index in [4.69, 9.17) is 11.8 Å². The van der Waals surface area contributed by atoms with Gasteiger partial charge in [0, 0.05) is 0 Å². The normalized spacial score (nSPS) is 17.0. The molecule has 0 aromatic carbocycles. The van der Waals surface area contributed by atoms with Gasteiger partial charge in [-0.3, -0.25) is 0 Å². The number of allylic oxidation sites excluding steroid dienone is 2. The van der Waals surface area contributed by atoms with Gasteiger partial charge < -0.3 is 4.84 Å². The second-order valence-corrected chi connectivity index (χ2v) is 1.38. The summed E-state index contributed by atoms with van der Waals surface area (Å²) in [5.74, 6) is 0. The molecule has 3 heteroatoms. The van der Waals surface area contributed by atoms with E-state index >= 15 is 0 Å². The molecular weight excluding hydrogens is 114 g/mol. The molecule has 0 saturated heterocycles. The van der Waals surface area contributed by atoms with Gasteiger partial charge in [0.2, 0.25) is 0 Å². The van der Waals surface area contributed by atoms with Crippen molar-refractivity contribution in [3.63, 3.8) is 0 Å². The van der Waals surface area contributed by atoms with E-state index in [1.807, 2.05) is 0 Å². The predicted octanol–water partition coefficient (Wildman–Crippen LogP) is 1.41. The largest absolute Gasteiger partial charge is 0.372 e. The number of hydrogen-bond acceptors (Lipinski definition) is 2. The molecule has 1 heterocycles. The van der Waals surface area contributed by atoms with E-state index in [1.165, 1.54) is 6.26 Å². The fourth-order valence-corrected chi connectivity index (χ4v) is 0.402. The first-order chi connectivity index (χ1) is 3.39. The lowest BCUT2D eigenvalue weighted by molar-refractivity contribution is 0.0307. The van der Waals surface area contributed by atoms with E-state index in [0.717, 1.165) is 4.58 Å². The molecule has 38 valence electrons. The number of halogens is 1. The predicted molar refractivity (Wildman–Crippen MR) is 27.1 cm³/mol. The lowest BCUT2D eigenvalue weighted by atomic mass is 10.6. The molecule has 0 aliphatic carbocycles. The zero-order chi connectivity index (χ0) is 5.11. The van der Waals surface area contributed by atoms with Crippen LogP contribution in [0.3, 0.4) is 0 Å². The molecule has 0 aromatic heterocycles. The highest BCUT2D eigenvalue weighted by atomic mass is 35.5. The van der Waals surface area contributed by atoms with E-state index in [0.29, 0.717) is 0 Å². The standard InChI is InChI=1S/C4H4ClNO/c5-6-3-1-2-4-7-6/h1-4H. The van der Waals surface area contributed by atoms with Gasteiger partial charge in [-0.1, -0.05) is 0 Å². The van der Waals surface area contributed by atoms with Crippen molar-refractivity contribution in [2.75, 3.05) is 0 Å². The van der Waals surface area contributed by atoms with Crippen LogP contribution in [0.15, 0.2) is 24.6 Å². The van der Waals surface area contributed by atoms with Crippen LogP contribution in [0.25, 0.3) is 0 Å². The first kappa shape index (κ1) is 4.53. The van der Waals surface area contributed by atoms with E-state index < -0.39 is 0 Å². The van der Waals surface area contributed by atoms with Gasteiger partial charge in [-0.2, -0.15) is 0 Å². The average molecular weight is 118 g/mol. The van der Waals surface area contributed by atoms with Gasteiger partial charge in [0.05, 0.1) is 18.0 Å². The second-order valence-electron chi connectivity index (χ2n) is 1.05. The molecule has 0 atom stereocenters. The van der Waals surface area contributed by atoms with Crippen LogP contribution in [0.4, 0.5) is 0 Å². The highest BCUT2D eigenvalue weighted by molar-refractivity contribution is 6.13. The quantitative estimate of drug-likeness (QED) is 0.445. The summed E-state index contributed by atoms with van der Waals surface area (Å²) < 4.78 is 1.10. The van der Waals surface area contributed by atoms with Crippen LogP contribution in [0.2, 0.25) is 0 Å². The minimum Gasteiger partial charge on any atom is -0.372 e. The number of nitrogens with zero attached hydrogens (tertiary/aromatic N) is 1. The summed E-state index contributed by atoms with van der Waals surface area (Å²) in [6.07, 6.45) is 6.62. The molecule has 0 spiro atoms. The van der Waals surface area contributed by atoms with Gasteiger partial charge in [-0.05, 0) is 12.2 Å². The van der Waals surface area contributed by atoms with Gasteiger partial charge in [0.25, 0.3) is 0 Å². The van der Waals surface area contributed by atoms with Crippen LogP contribution in [0.1, 0.15) is 0 Å². The number of hydrogen-bond donors (Lipinski definition) is 0. The van der Waals surface area contributed by atoms with Gasteiger partial charge in [-0.15, -0.1) is 4.58 Å². The van der Waals surface area contributed by atoms with Crippen molar-refractivity contribution < 1.29 is 4.84 Å². The van der Waals surface area contributed by atoms with Crippen molar-refractivity contribution >= 4 is 11.8 Å². The van der Waals surface area contributed by atoms with Crippen molar-refractivity contribution in [3.8, 4) is 0 Å². The molecule has 0 bridgehead atoms. The Bertz CT molecular complexity index is 110. The summed E-state index contributed by atoms with van der Waals surface area (Å²) in [4.78, 5) is 4.61. The number of hydroxylamine groups is 1. The van der Waals surface area contributed by atoms with Crippen molar-refractivity contribution in [2.45, 2.75) is 0 Å². The summed E-state index contributed by atoms with van der Waals surface area (Å²) >= 11 is 5.29. The van der Waals surface area contributed by atoms with Gasteiger partial charge >= 0.3 is 0 Å². The summed E-state index contributed by atoms with van der Waals surface area (Å²) in [6.45, 7) is 0. The monoisotopic (exact) mass is 117 g/mol. The molecule has 1 aliphatic heterocycles. The Morgan fingerprint density at radius 1 is 1.43 bits per heavy atom. The SMILES string of the molecule is ClN1C=CC=CO1. The molecule has 2 nitrogen and oxygen atoms in total. The molecule has 0 saturated carbocycles. The van der Waals surface area contributed by atoms with Crippen molar-refractivity contribution in [2.24, 2.45) is 0 Å². The molecule has 7 heavy (non-hydrogen) atoms. The fourth-order valence-electron chi connectivity index (χ4n) is 0.291. The van der Waals surface area contributed by atoms with Crippen molar-refractivity contribution in [3.05, 3.63) is 24.6 Å². The minimum absolute atomic E-state index is 1.10. The van der Waals surface area contributed by atoms with Gasteiger partial charge in [0.1, 0.15) is 6.26 Å². The summed E-state index contributed by atoms with van der Waals surface area (Å²) in [5.41, 5.74) is 0. The van der Waals surface area contributed by atoms with Crippen LogP contribution < -0.4 is 0 Å². The van der Waals surface area contributed by atoms with Crippen molar-refractivity contribution in [1.29, 1.82) is 0 Å². The first-order valence-electron chi connectivity index (χ1n) is 1.85. The Hall–Kier alpha value is -0.630. The third kappa shape index (κ3) is 1.12. The van der Waals surface area contributed by atoms with Crippen molar-refractivity contribution in [1.82, 2.24) is 4.58 Å². The summed E-state index contributed by atoms with van der Waals surface area (Å²) in [6, 6.07) is 0. The Kier molecular flexibility index (Phi) is 1.22. The van der Waals surface area contributed by atoms with Crippen LogP contribution in [-0.2, 0) is 4.84 Å². The maximum Gasteiger partial charge on any atom is 0.121 e. The molecule has 0 amide bonds. The van der Waals surface area contributed by atoms with Gasteiger partial charge in [0.15, 0.2) is 0 Å². The Morgan fingerprint density at radius 2 is 2.29 bits per heavy atom. The van der Waals surface area contributed by atoms with Crippen LogP contribution in [0, 0.1) is 0 Å². The average Bonchev–Trinajstić information content (AvgIpc) is 1.69. The van der Waals surface area contributed by atoms with E-state index in [1.54, 1.807) is 18.4 Å². The first-order valence-corrected chi connectivity index (χ1v) is 2.18. The molecule has 0 N–H and O–H groups in total. The maximum absolute atomic E-state index is 5.29. The molecule has 1 rings (SSSR count). The second kappa shape index (κ2) is 1.89. The molecule has 0 unspecified atom stereocenters. The topological polar surface area (TPSA) is 12.5 Å². The summed E-state index contributed by atoms with van der Waals surface area (Å²) in [5, 5.41) is 0. The summed E-state index contributed by atoms with van der Waals surface area (Å²) in [7, 11) is 0. The molecule has 1 aliphatic rings. The van der Waals surface area contributed by atoms with Crippen LogP contribution in [0.5, 0.6) is 0 Å². The number of rotatable bonds is 0. The van der Waals surface area contributed by atoms with E-state index in [9.17, 15) is 0 Å². The maximum atomic E-state index is 5.29. The Balaban J connectivity index is 2.49. The van der Waals surface area contributed by atoms with Gasteiger partial charge in [-0.25, -0.2) is 0 Å². The highest BCUT2D eigenvalue weighted by Crippen LogP contribution is 2.01. The Labute approximate surface area is 46.7 Å². The van der Waals surface area contributed by atoms with Crippen LogP contribution >= 0.6 is 11.8 Å². The zero-order valence-corrected chi connectivity index (χ0v) is 4.30. The molecule has 0 aromatic rings.